The normalized spacial score (nSPS) is 11.1. The molecule has 2 aromatic heterocycles. The van der Waals surface area contributed by atoms with Crippen LogP contribution in [0.1, 0.15) is 0 Å². The third-order valence-corrected chi connectivity index (χ3v) is 4.11. The lowest BCUT2D eigenvalue weighted by molar-refractivity contribution is -0.118. The van der Waals surface area contributed by atoms with E-state index < -0.39 is 15.9 Å². The number of hydrogen-bond donors (Lipinski definition) is 2. The van der Waals surface area contributed by atoms with Gasteiger partial charge in [0.1, 0.15) is 0 Å². The highest BCUT2D eigenvalue weighted by molar-refractivity contribution is 7.89. The van der Waals surface area contributed by atoms with Gasteiger partial charge in [-0.05, 0) is 36.4 Å². The number of sulfonamides is 1. The Bertz CT molecular complexity index is 986. The minimum absolute atomic E-state index is 0.0423. The number of anilines is 1. The van der Waals surface area contributed by atoms with E-state index in [0.29, 0.717) is 11.5 Å². The Labute approximate surface area is 148 Å². The van der Waals surface area contributed by atoms with Gasteiger partial charge in [0, 0.05) is 24.1 Å². The molecule has 0 saturated heterocycles. The summed E-state index contributed by atoms with van der Waals surface area (Å²) in [7, 11) is -3.77. The molecule has 1 aromatic carbocycles. The number of nitrogens with zero attached hydrogens (tertiary/aromatic N) is 4. The standard InChI is InChI=1S/C15H14N6O4S/c16-26(23,24)12-4-2-11(3-5-12)18-14(22)10-25-15-7-6-13(19-20-15)21-9-1-8-17-21/h1-9H,10H2,(H,18,22)(H2,16,23,24). The van der Waals surface area contributed by atoms with Gasteiger partial charge in [-0.2, -0.15) is 5.10 Å². The first-order valence-electron chi connectivity index (χ1n) is 7.31. The quantitative estimate of drug-likeness (QED) is 0.633. The number of hydrogen-bond acceptors (Lipinski definition) is 7. The second-order valence-electron chi connectivity index (χ2n) is 5.09. The maximum Gasteiger partial charge on any atom is 0.262 e. The van der Waals surface area contributed by atoms with Gasteiger partial charge < -0.3 is 10.1 Å². The van der Waals surface area contributed by atoms with Crippen molar-refractivity contribution < 1.29 is 17.9 Å². The van der Waals surface area contributed by atoms with Crippen molar-refractivity contribution in [3.05, 3.63) is 54.9 Å². The molecule has 11 heteroatoms. The Balaban J connectivity index is 1.54. The zero-order valence-electron chi connectivity index (χ0n) is 13.3. The van der Waals surface area contributed by atoms with Crippen LogP contribution in [-0.2, 0) is 14.8 Å². The Morgan fingerprint density at radius 2 is 1.92 bits per heavy atom. The largest absolute Gasteiger partial charge is 0.466 e. The van der Waals surface area contributed by atoms with Gasteiger partial charge in [0.05, 0.1) is 4.90 Å². The van der Waals surface area contributed by atoms with Crippen molar-refractivity contribution in [1.82, 2.24) is 20.0 Å². The molecule has 3 rings (SSSR count). The van der Waals surface area contributed by atoms with Crippen LogP contribution in [0.15, 0.2) is 59.8 Å². The van der Waals surface area contributed by atoms with E-state index in [1.165, 1.54) is 28.9 Å². The fourth-order valence-corrected chi connectivity index (χ4v) is 2.50. The molecule has 0 atom stereocenters. The van der Waals surface area contributed by atoms with Crippen LogP contribution in [0.3, 0.4) is 0 Å². The van der Waals surface area contributed by atoms with Gasteiger partial charge in [-0.1, -0.05) is 0 Å². The number of nitrogens with one attached hydrogen (secondary N) is 1. The molecule has 0 aliphatic rings. The lowest BCUT2D eigenvalue weighted by Gasteiger charge is -2.07. The van der Waals surface area contributed by atoms with Crippen LogP contribution in [0.25, 0.3) is 5.82 Å². The van der Waals surface area contributed by atoms with Crippen LogP contribution >= 0.6 is 0 Å². The molecule has 0 aliphatic heterocycles. The first-order chi connectivity index (χ1) is 12.4. The number of rotatable bonds is 6. The van der Waals surface area contributed by atoms with E-state index >= 15 is 0 Å². The molecule has 0 spiro atoms. The summed E-state index contributed by atoms with van der Waals surface area (Å²) in [6.07, 6.45) is 3.34. The van der Waals surface area contributed by atoms with E-state index in [4.69, 9.17) is 9.88 Å². The third-order valence-electron chi connectivity index (χ3n) is 3.18. The molecular formula is C15H14N6O4S. The molecule has 2 heterocycles. The zero-order chi connectivity index (χ0) is 18.6. The number of nitrogens with two attached hydrogens (primary N) is 1. The third kappa shape index (κ3) is 4.40. The zero-order valence-corrected chi connectivity index (χ0v) is 14.1. The molecule has 0 bridgehead atoms. The summed E-state index contributed by atoms with van der Waals surface area (Å²) in [6, 6.07) is 10.4. The fraction of sp³-hybridized carbons (Fsp3) is 0.0667. The van der Waals surface area contributed by atoms with E-state index in [9.17, 15) is 13.2 Å². The lowest BCUT2D eigenvalue weighted by Crippen LogP contribution is -2.20. The summed E-state index contributed by atoms with van der Waals surface area (Å²) in [5.74, 6) is 0.258. The summed E-state index contributed by atoms with van der Waals surface area (Å²) in [5, 5.41) is 19.4. The maximum atomic E-state index is 11.9. The van der Waals surface area contributed by atoms with Crippen LogP contribution in [0.2, 0.25) is 0 Å². The molecule has 0 unspecified atom stereocenters. The van der Waals surface area contributed by atoms with E-state index in [2.05, 4.69) is 20.6 Å². The smallest absolute Gasteiger partial charge is 0.262 e. The number of aromatic nitrogens is 4. The summed E-state index contributed by atoms with van der Waals surface area (Å²) < 4.78 is 29.1. The summed E-state index contributed by atoms with van der Waals surface area (Å²) in [5.41, 5.74) is 0.408. The van der Waals surface area contributed by atoms with Crippen molar-refractivity contribution in [3.63, 3.8) is 0 Å². The van der Waals surface area contributed by atoms with Crippen molar-refractivity contribution >= 4 is 21.6 Å². The monoisotopic (exact) mass is 374 g/mol. The molecule has 3 aromatic rings. The van der Waals surface area contributed by atoms with Crippen molar-refractivity contribution in [2.45, 2.75) is 4.90 Å². The minimum Gasteiger partial charge on any atom is -0.466 e. The summed E-state index contributed by atoms with van der Waals surface area (Å²) in [4.78, 5) is 11.8. The average Bonchev–Trinajstić information content (AvgIpc) is 3.15. The van der Waals surface area contributed by atoms with Gasteiger partial charge in [-0.25, -0.2) is 18.2 Å². The van der Waals surface area contributed by atoms with Crippen LogP contribution in [0.5, 0.6) is 5.88 Å². The van der Waals surface area contributed by atoms with E-state index in [-0.39, 0.29) is 17.4 Å². The van der Waals surface area contributed by atoms with Crippen molar-refractivity contribution in [2.24, 2.45) is 5.14 Å². The predicted molar refractivity (Wildman–Crippen MR) is 91.1 cm³/mol. The number of amides is 1. The molecule has 0 radical (unpaired) electrons. The SMILES string of the molecule is NS(=O)(=O)c1ccc(NC(=O)COc2ccc(-n3cccn3)nn2)cc1. The van der Waals surface area contributed by atoms with Gasteiger partial charge in [0.2, 0.25) is 15.9 Å². The molecule has 10 nitrogen and oxygen atoms in total. The number of benzene rings is 1. The molecule has 1 amide bonds. The number of carbonyl (C=O) groups excluding carboxylic acids is 1. The number of carbonyl (C=O) groups is 1. The van der Waals surface area contributed by atoms with Crippen molar-refractivity contribution in [3.8, 4) is 11.7 Å². The molecule has 26 heavy (non-hydrogen) atoms. The first-order valence-corrected chi connectivity index (χ1v) is 8.86. The predicted octanol–water partition coefficient (Wildman–Crippen LogP) is 0.327. The minimum atomic E-state index is -3.77. The van der Waals surface area contributed by atoms with Crippen LogP contribution in [0, 0.1) is 0 Å². The second-order valence-corrected chi connectivity index (χ2v) is 6.65. The van der Waals surface area contributed by atoms with E-state index in [1.54, 1.807) is 30.6 Å². The second kappa shape index (κ2) is 7.29. The Hall–Kier alpha value is -3.31. The molecular weight excluding hydrogens is 360 g/mol. The Morgan fingerprint density at radius 1 is 1.15 bits per heavy atom. The first kappa shape index (κ1) is 17.5. The van der Waals surface area contributed by atoms with Gasteiger partial charge in [-0.3, -0.25) is 4.79 Å². The maximum absolute atomic E-state index is 11.9. The van der Waals surface area contributed by atoms with Gasteiger partial charge in [0.15, 0.2) is 12.4 Å². The fourth-order valence-electron chi connectivity index (χ4n) is 1.98. The van der Waals surface area contributed by atoms with E-state index in [0.717, 1.165) is 0 Å². The highest BCUT2D eigenvalue weighted by Gasteiger charge is 2.09. The average molecular weight is 374 g/mol. The summed E-state index contributed by atoms with van der Waals surface area (Å²) >= 11 is 0. The van der Waals surface area contributed by atoms with Crippen molar-refractivity contribution in [2.75, 3.05) is 11.9 Å². The summed E-state index contributed by atoms with van der Waals surface area (Å²) in [6.45, 7) is -0.285. The molecule has 0 saturated carbocycles. The Morgan fingerprint density at radius 3 is 2.50 bits per heavy atom. The molecule has 0 aliphatic carbocycles. The highest BCUT2D eigenvalue weighted by Crippen LogP contribution is 2.13. The number of primary sulfonamides is 1. The van der Waals surface area contributed by atoms with Crippen LogP contribution in [0.4, 0.5) is 5.69 Å². The van der Waals surface area contributed by atoms with Gasteiger partial charge in [-0.15, -0.1) is 10.2 Å². The number of ether oxygens (including phenoxy) is 1. The van der Waals surface area contributed by atoms with Gasteiger partial charge in [0.25, 0.3) is 5.91 Å². The highest BCUT2D eigenvalue weighted by atomic mass is 32.2. The van der Waals surface area contributed by atoms with Crippen molar-refractivity contribution in [1.29, 1.82) is 0 Å². The van der Waals surface area contributed by atoms with E-state index in [1.807, 2.05) is 0 Å². The lowest BCUT2D eigenvalue weighted by atomic mass is 10.3. The molecule has 3 N–H and O–H groups in total. The Kier molecular flexibility index (Phi) is 4.91. The topological polar surface area (TPSA) is 142 Å². The molecule has 0 fully saturated rings. The van der Waals surface area contributed by atoms with Crippen LogP contribution < -0.4 is 15.2 Å². The van der Waals surface area contributed by atoms with Crippen LogP contribution in [-0.4, -0.2) is 40.9 Å². The molecule has 134 valence electrons. The van der Waals surface area contributed by atoms with Gasteiger partial charge >= 0.3 is 0 Å².